The fourth-order valence-corrected chi connectivity index (χ4v) is 1.57. The molecule has 1 aromatic carbocycles. The first-order valence-electron chi connectivity index (χ1n) is 5.72. The Labute approximate surface area is 118 Å². The van der Waals surface area contributed by atoms with Crippen molar-refractivity contribution < 1.29 is 23.8 Å². The highest BCUT2D eigenvalue weighted by molar-refractivity contribution is 6.06. The van der Waals surface area contributed by atoms with Gasteiger partial charge in [-0.2, -0.15) is 0 Å². The Morgan fingerprint density at radius 1 is 1.29 bits per heavy atom. The van der Waals surface area contributed by atoms with E-state index in [-0.39, 0.29) is 22.8 Å². The highest BCUT2D eigenvalue weighted by Gasteiger charge is 2.17. The van der Waals surface area contributed by atoms with E-state index in [1.807, 2.05) is 0 Å². The third-order valence-electron chi connectivity index (χ3n) is 2.55. The molecule has 1 aromatic heterocycles. The lowest BCUT2D eigenvalue weighted by Gasteiger charge is -2.08. The van der Waals surface area contributed by atoms with Gasteiger partial charge in [-0.25, -0.2) is 19.2 Å². The molecule has 1 heterocycles. The number of hydrogen-bond acceptors (Lipinski definition) is 5. The summed E-state index contributed by atoms with van der Waals surface area (Å²) in [5.41, 5.74) is -0.296. The lowest BCUT2D eigenvalue weighted by Crippen LogP contribution is -2.17. The van der Waals surface area contributed by atoms with Crippen molar-refractivity contribution in [3.05, 3.63) is 47.7 Å². The number of benzene rings is 1. The molecule has 8 heteroatoms. The second-order valence-corrected chi connectivity index (χ2v) is 3.86. The summed E-state index contributed by atoms with van der Waals surface area (Å²) in [6.45, 7) is 0. The first-order chi connectivity index (χ1) is 10.0. The van der Waals surface area contributed by atoms with Crippen LogP contribution in [0.4, 0.5) is 10.2 Å². The maximum Gasteiger partial charge on any atom is 0.358 e. The SMILES string of the molecule is COc1cc(C(=O)Nc2nccnc2C(=O)O)ccc1F. The number of hydrogen-bond donors (Lipinski definition) is 2. The molecule has 1 amide bonds. The number of anilines is 1. The number of nitrogens with one attached hydrogen (secondary N) is 1. The van der Waals surface area contributed by atoms with Crippen LogP contribution in [0.15, 0.2) is 30.6 Å². The second kappa shape index (κ2) is 5.95. The monoisotopic (exact) mass is 291 g/mol. The molecule has 0 saturated heterocycles. The smallest absolute Gasteiger partial charge is 0.358 e. The van der Waals surface area contributed by atoms with E-state index in [0.717, 1.165) is 6.07 Å². The van der Waals surface area contributed by atoms with Crippen LogP contribution in [0.5, 0.6) is 5.75 Å². The van der Waals surface area contributed by atoms with Crippen molar-refractivity contribution in [1.29, 1.82) is 0 Å². The van der Waals surface area contributed by atoms with Crippen molar-refractivity contribution >= 4 is 17.7 Å². The van der Waals surface area contributed by atoms with Gasteiger partial charge in [-0.1, -0.05) is 0 Å². The van der Waals surface area contributed by atoms with E-state index >= 15 is 0 Å². The Morgan fingerprint density at radius 3 is 2.67 bits per heavy atom. The Kier molecular flexibility index (Phi) is 4.07. The van der Waals surface area contributed by atoms with Crippen molar-refractivity contribution in [2.24, 2.45) is 0 Å². The predicted molar refractivity (Wildman–Crippen MR) is 69.9 cm³/mol. The van der Waals surface area contributed by atoms with Crippen LogP contribution in [0.25, 0.3) is 0 Å². The molecule has 0 aliphatic heterocycles. The topological polar surface area (TPSA) is 101 Å². The van der Waals surface area contributed by atoms with Crippen LogP contribution in [0.1, 0.15) is 20.8 Å². The maximum atomic E-state index is 13.3. The fourth-order valence-electron chi connectivity index (χ4n) is 1.57. The van der Waals surface area contributed by atoms with Crippen molar-refractivity contribution in [3.8, 4) is 5.75 Å². The van der Waals surface area contributed by atoms with Gasteiger partial charge in [0.2, 0.25) is 0 Å². The van der Waals surface area contributed by atoms with Crippen LogP contribution < -0.4 is 10.1 Å². The normalized spacial score (nSPS) is 10.0. The summed E-state index contributed by atoms with van der Waals surface area (Å²) in [4.78, 5) is 30.3. The van der Waals surface area contributed by atoms with Gasteiger partial charge >= 0.3 is 5.97 Å². The van der Waals surface area contributed by atoms with E-state index in [4.69, 9.17) is 9.84 Å². The molecule has 2 aromatic rings. The van der Waals surface area contributed by atoms with Crippen LogP contribution in [0, 0.1) is 5.82 Å². The van der Waals surface area contributed by atoms with Gasteiger partial charge in [0.05, 0.1) is 7.11 Å². The van der Waals surface area contributed by atoms with Gasteiger partial charge in [0.15, 0.2) is 23.1 Å². The molecule has 0 bridgehead atoms. The van der Waals surface area contributed by atoms with Crippen molar-refractivity contribution in [1.82, 2.24) is 9.97 Å². The molecule has 21 heavy (non-hydrogen) atoms. The van der Waals surface area contributed by atoms with E-state index < -0.39 is 17.7 Å². The average molecular weight is 291 g/mol. The molecule has 0 atom stereocenters. The maximum absolute atomic E-state index is 13.3. The number of carboxylic acid groups (broad SMARTS) is 1. The number of carboxylic acids is 1. The zero-order chi connectivity index (χ0) is 15.4. The number of aromatic carboxylic acids is 1. The average Bonchev–Trinajstić information content (AvgIpc) is 2.48. The van der Waals surface area contributed by atoms with Crippen LogP contribution in [-0.2, 0) is 0 Å². The van der Waals surface area contributed by atoms with E-state index in [9.17, 15) is 14.0 Å². The van der Waals surface area contributed by atoms with Gasteiger partial charge in [-0.05, 0) is 18.2 Å². The number of halogens is 1. The number of methoxy groups -OCH3 is 1. The zero-order valence-corrected chi connectivity index (χ0v) is 10.8. The lowest BCUT2D eigenvalue weighted by molar-refractivity contribution is 0.0691. The van der Waals surface area contributed by atoms with Gasteiger partial charge in [0, 0.05) is 18.0 Å². The summed E-state index contributed by atoms with van der Waals surface area (Å²) in [7, 11) is 1.27. The van der Waals surface area contributed by atoms with E-state index in [2.05, 4.69) is 15.3 Å². The number of amides is 1. The number of carbonyl (C=O) groups excluding carboxylic acids is 1. The molecule has 0 saturated carbocycles. The number of carbonyl (C=O) groups is 2. The standard InChI is InChI=1S/C13H10FN3O4/c1-21-9-6-7(2-3-8(9)14)12(18)17-11-10(13(19)20)15-4-5-16-11/h2-6H,1H3,(H,19,20)(H,16,17,18). The van der Waals surface area contributed by atoms with E-state index in [1.165, 1.54) is 31.6 Å². The zero-order valence-electron chi connectivity index (χ0n) is 10.8. The third-order valence-corrected chi connectivity index (χ3v) is 2.55. The number of aromatic nitrogens is 2. The van der Waals surface area contributed by atoms with Gasteiger partial charge in [-0.3, -0.25) is 4.79 Å². The molecule has 0 unspecified atom stereocenters. The molecule has 7 nitrogen and oxygen atoms in total. The Hall–Kier alpha value is -3.03. The van der Waals surface area contributed by atoms with Crippen LogP contribution in [0.3, 0.4) is 0 Å². The van der Waals surface area contributed by atoms with E-state index in [1.54, 1.807) is 0 Å². The summed E-state index contributed by atoms with van der Waals surface area (Å²) in [5.74, 6) is -2.88. The molecule has 108 valence electrons. The summed E-state index contributed by atoms with van der Waals surface area (Å²) in [6.07, 6.45) is 2.44. The quantitative estimate of drug-likeness (QED) is 0.886. The van der Waals surface area contributed by atoms with Crippen LogP contribution >= 0.6 is 0 Å². The molecular weight excluding hydrogens is 281 g/mol. The molecule has 2 rings (SSSR count). The molecule has 0 radical (unpaired) electrons. The Morgan fingerprint density at radius 2 is 2.00 bits per heavy atom. The van der Waals surface area contributed by atoms with Gasteiger partial charge in [-0.15, -0.1) is 0 Å². The first kappa shape index (κ1) is 14.4. The minimum absolute atomic E-state index is 0.0928. The minimum atomic E-state index is -1.32. The number of rotatable bonds is 4. The van der Waals surface area contributed by atoms with E-state index in [0.29, 0.717) is 0 Å². The van der Waals surface area contributed by atoms with Crippen LogP contribution in [0.2, 0.25) is 0 Å². The van der Waals surface area contributed by atoms with Gasteiger partial charge in [0.25, 0.3) is 5.91 Å². The molecule has 0 fully saturated rings. The lowest BCUT2D eigenvalue weighted by atomic mass is 10.2. The van der Waals surface area contributed by atoms with Crippen molar-refractivity contribution in [2.45, 2.75) is 0 Å². The van der Waals surface area contributed by atoms with Gasteiger partial charge < -0.3 is 15.2 Å². The van der Waals surface area contributed by atoms with Crippen LogP contribution in [-0.4, -0.2) is 34.1 Å². The summed E-state index contributed by atoms with van der Waals surface area (Å²) < 4.78 is 18.0. The predicted octanol–water partition coefficient (Wildman–Crippen LogP) is 1.57. The molecule has 0 aliphatic carbocycles. The largest absolute Gasteiger partial charge is 0.494 e. The number of ether oxygens (including phenoxy) is 1. The summed E-state index contributed by atoms with van der Waals surface area (Å²) in [5, 5.41) is 11.3. The second-order valence-electron chi connectivity index (χ2n) is 3.86. The summed E-state index contributed by atoms with van der Waals surface area (Å²) >= 11 is 0. The molecule has 0 aliphatic rings. The Bertz CT molecular complexity index is 706. The molecular formula is C13H10FN3O4. The highest BCUT2D eigenvalue weighted by atomic mass is 19.1. The summed E-state index contributed by atoms with van der Waals surface area (Å²) in [6, 6.07) is 3.51. The highest BCUT2D eigenvalue weighted by Crippen LogP contribution is 2.19. The minimum Gasteiger partial charge on any atom is -0.494 e. The first-order valence-corrected chi connectivity index (χ1v) is 5.72. The molecule has 2 N–H and O–H groups in total. The third kappa shape index (κ3) is 3.11. The number of nitrogens with zero attached hydrogens (tertiary/aromatic N) is 2. The van der Waals surface area contributed by atoms with Gasteiger partial charge in [0.1, 0.15) is 0 Å². The fraction of sp³-hybridized carbons (Fsp3) is 0.0769. The Balaban J connectivity index is 2.28. The van der Waals surface area contributed by atoms with Crippen molar-refractivity contribution in [3.63, 3.8) is 0 Å². The van der Waals surface area contributed by atoms with Crippen molar-refractivity contribution in [2.75, 3.05) is 12.4 Å². The molecule has 0 spiro atoms.